The second kappa shape index (κ2) is 15.8. The Balaban J connectivity index is 0. The quantitative estimate of drug-likeness (QED) is 0.414. The van der Waals surface area contributed by atoms with Crippen LogP contribution in [0, 0.1) is 0 Å². The molecule has 4 heteroatoms. The molecule has 0 aliphatic rings. The molecule has 0 aliphatic carbocycles. The maximum atomic E-state index is 0. The molecule has 0 amide bonds. The fourth-order valence-electron chi connectivity index (χ4n) is 0. The van der Waals surface area contributed by atoms with Crippen molar-refractivity contribution in [3.05, 3.63) is 0 Å². The molecule has 0 unspecified atom stereocenters. The van der Waals surface area contributed by atoms with Gasteiger partial charge in [-0.3, -0.25) is 0 Å². The van der Waals surface area contributed by atoms with E-state index in [0.29, 0.717) is 0 Å². The topological polar surface area (TPSA) is 0 Å². The Morgan fingerprint density at radius 2 is 1.00 bits per heavy atom. The van der Waals surface area contributed by atoms with E-state index in [1.807, 2.05) is 0 Å². The first-order valence-electron chi connectivity index (χ1n) is 0. The first-order valence-corrected chi connectivity index (χ1v) is 0. The van der Waals surface area contributed by atoms with Crippen molar-refractivity contribution in [1.29, 1.82) is 0 Å². The Morgan fingerprint density at radius 1 is 1.00 bits per heavy atom. The molecule has 14 valence electrons. The van der Waals surface area contributed by atoms with E-state index < -0.39 is 0 Å². The van der Waals surface area contributed by atoms with Gasteiger partial charge in [-0.1, -0.05) is 0 Å². The van der Waals surface area contributed by atoms with Crippen LogP contribution < -0.4 is 0 Å². The summed E-state index contributed by atoms with van der Waals surface area (Å²) in [5, 5.41) is 0. The predicted octanol–water partition coefficient (Wildman–Crippen LogP) is -3.13. The van der Waals surface area contributed by atoms with E-state index in [1.165, 1.54) is 0 Å². The van der Waals surface area contributed by atoms with Gasteiger partial charge in [0.05, 0.1) is 0 Å². The molecular weight excluding hydrogens is 317 g/mol. The normalized spacial score (nSPS) is 0. The predicted molar refractivity (Wildman–Crippen MR) is 31.4 cm³/mol. The first-order chi connectivity index (χ1) is 0. The molecule has 0 aromatic rings. The summed E-state index contributed by atoms with van der Waals surface area (Å²) < 4.78 is 0. The van der Waals surface area contributed by atoms with Gasteiger partial charge in [-0.15, -0.1) is 0 Å². The summed E-state index contributed by atoms with van der Waals surface area (Å²) in [4.78, 5) is 0. The van der Waals surface area contributed by atoms with Crippen LogP contribution in [0.3, 0.4) is 0 Å². The third-order valence-electron chi connectivity index (χ3n) is 0. The molecule has 0 saturated carbocycles. The van der Waals surface area contributed by atoms with Crippen molar-refractivity contribution in [1.82, 2.24) is 0 Å². The van der Waals surface area contributed by atoms with Gasteiger partial charge in [0, 0.05) is 0 Å². The number of hydrogen-bond acceptors (Lipinski definition) is 0. The zero-order chi connectivity index (χ0) is 0. The maximum absolute atomic E-state index is 0. The summed E-state index contributed by atoms with van der Waals surface area (Å²) in [6.45, 7) is 0. The van der Waals surface area contributed by atoms with Gasteiger partial charge in [-0.25, -0.2) is 0 Å². The van der Waals surface area contributed by atoms with Crippen LogP contribution in [0.1, 0.15) is 0 Å². The van der Waals surface area contributed by atoms with Crippen LogP contribution in [-0.2, 0) is 0 Å². The van der Waals surface area contributed by atoms with Crippen molar-refractivity contribution in [2.75, 3.05) is 0 Å². The van der Waals surface area contributed by atoms with Crippen LogP contribution in [-0.4, -0.2) is 174 Å². The second-order valence-corrected chi connectivity index (χ2v) is 0. The van der Waals surface area contributed by atoms with E-state index in [0.717, 1.165) is 0 Å². The Kier molecular flexibility index (Phi) is 89.7. The molecule has 0 rings (SSSR count). The number of rotatable bonds is 0. The molecule has 0 fully saturated rings. The molecule has 0 nitrogen and oxygen atoms in total. The van der Waals surface area contributed by atoms with Gasteiger partial charge in [0.2, 0.25) is 0 Å². The van der Waals surface area contributed by atoms with E-state index >= 15 is 0 Å². The minimum absolute atomic E-state index is 0. The van der Waals surface area contributed by atoms with Gasteiger partial charge in [-0.2, -0.15) is 0 Å². The van der Waals surface area contributed by atoms with Crippen molar-refractivity contribution >= 4 is 174 Å². The van der Waals surface area contributed by atoms with Crippen LogP contribution >= 0.6 is 0 Å². The molecule has 0 atom stereocenters. The summed E-state index contributed by atoms with van der Waals surface area (Å²) in [7, 11) is 0. The van der Waals surface area contributed by atoms with Gasteiger partial charge in [0.1, 0.15) is 0 Å². The summed E-state index contributed by atoms with van der Waals surface area (Å²) >= 11 is 0. The average molecular weight is 323 g/mol. The Labute approximate surface area is 168 Å². The summed E-state index contributed by atoms with van der Waals surface area (Å²) in [6, 6.07) is 0. The molecule has 0 aliphatic heterocycles. The molecule has 4 heavy (non-hydrogen) atoms. The van der Waals surface area contributed by atoms with E-state index in [1.54, 1.807) is 0 Å². The standard InChI is InChI=1S/Cs.K.Na.Sb.6H. The van der Waals surface area contributed by atoms with Gasteiger partial charge < -0.3 is 0 Å². The molecule has 0 bridgehead atoms. The molecule has 0 spiro atoms. The third kappa shape index (κ3) is 10.5. The monoisotopic (exact) mass is 322 g/mol. The van der Waals surface area contributed by atoms with Gasteiger partial charge in [-0.05, 0) is 0 Å². The number of hydrogen-bond donors (Lipinski definition) is 0. The van der Waals surface area contributed by atoms with Crippen LogP contribution in [0.2, 0.25) is 0 Å². The third-order valence-corrected chi connectivity index (χ3v) is 0. The second-order valence-electron chi connectivity index (χ2n) is 0. The zero-order valence-electron chi connectivity index (χ0n) is 0.707. The molecule has 0 N–H and O–H groups in total. The average Bonchev–Trinajstić information content (AvgIpc) is 0. The van der Waals surface area contributed by atoms with Gasteiger partial charge >= 0.3 is 174 Å². The van der Waals surface area contributed by atoms with E-state index in [2.05, 4.69) is 0 Å². The van der Waals surface area contributed by atoms with Gasteiger partial charge in [0.25, 0.3) is 0 Å². The Morgan fingerprint density at radius 3 is 1.00 bits per heavy atom. The molecule has 0 heterocycles. The van der Waals surface area contributed by atoms with Crippen molar-refractivity contribution in [2.45, 2.75) is 0 Å². The van der Waals surface area contributed by atoms with Crippen LogP contribution in [0.15, 0.2) is 0 Å². The summed E-state index contributed by atoms with van der Waals surface area (Å²) in [5.41, 5.74) is 0. The van der Waals surface area contributed by atoms with Crippen molar-refractivity contribution < 1.29 is 0 Å². The van der Waals surface area contributed by atoms with Crippen LogP contribution in [0.5, 0.6) is 0 Å². The fourth-order valence-corrected chi connectivity index (χ4v) is 0. The van der Waals surface area contributed by atoms with E-state index in [9.17, 15) is 0 Å². The van der Waals surface area contributed by atoms with E-state index in [4.69, 9.17) is 0 Å². The van der Waals surface area contributed by atoms with Crippen molar-refractivity contribution in [3.8, 4) is 0 Å². The van der Waals surface area contributed by atoms with Crippen molar-refractivity contribution in [3.63, 3.8) is 0 Å². The molecule has 0 saturated heterocycles. The molecule has 0 aromatic heterocycles. The molecule has 0 aromatic carbocycles. The summed E-state index contributed by atoms with van der Waals surface area (Å²) in [5.74, 6) is 0. The minimum atomic E-state index is 0. The van der Waals surface area contributed by atoms with Crippen molar-refractivity contribution in [2.24, 2.45) is 0 Å². The van der Waals surface area contributed by atoms with E-state index in [-0.39, 0.29) is 174 Å². The Hall–Kier alpha value is 5.51. The SMILES string of the molecule is [CsH].[KH].[NaH].[SbH3]. The van der Waals surface area contributed by atoms with Crippen LogP contribution in [0.25, 0.3) is 0 Å². The summed E-state index contributed by atoms with van der Waals surface area (Å²) in [6.07, 6.45) is 0. The molecular formula is H6CsKNaSb. The van der Waals surface area contributed by atoms with Gasteiger partial charge in [0.15, 0.2) is 0 Å². The molecule has 0 radical (unpaired) electrons. The first kappa shape index (κ1) is 22.7. The van der Waals surface area contributed by atoms with Crippen LogP contribution in [0.4, 0.5) is 0 Å². The zero-order valence-corrected chi connectivity index (χ0v) is 4.74. The fraction of sp³-hybridized carbons (Fsp3) is 0. The Bertz CT molecular complexity index is 8.00.